The molecule has 0 aliphatic carbocycles. The normalized spacial score (nSPS) is 10.9. The first-order chi connectivity index (χ1) is 12.9. The van der Waals surface area contributed by atoms with Gasteiger partial charge in [0, 0.05) is 12.6 Å². The number of hydrogen-bond donors (Lipinski definition) is 0. The lowest BCUT2D eigenvalue weighted by atomic mass is 9.97. The Morgan fingerprint density at radius 3 is 2.44 bits per heavy atom. The van der Waals surface area contributed by atoms with Crippen LogP contribution in [0.2, 0.25) is 0 Å². The van der Waals surface area contributed by atoms with Gasteiger partial charge in [0.15, 0.2) is 16.8 Å². The molecule has 0 aliphatic rings. The van der Waals surface area contributed by atoms with E-state index in [2.05, 4.69) is 10.2 Å². The monoisotopic (exact) mass is 381 g/mol. The lowest BCUT2D eigenvalue weighted by molar-refractivity contribution is 0.102. The first kappa shape index (κ1) is 19.2. The highest BCUT2D eigenvalue weighted by molar-refractivity contribution is 7.99. The van der Waals surface area contributed by atoms with Gasteiger partial charge in [0.25, 0.3) is 0 Å². The van der Waals surface area contributed by atoms with Gasteiger partial charge in [-0.05, 0) is 44.0 Å². The average molecular weight is 382 g/mol. The van der Waals surface area contributed by atoms with E-state index in [4.69, 9.17) is 4.74 Å². The van der Waals surface area contributed by atoms with Crippen molar-refractivity contribution in [3.05, 3.63) is 58.7 Å². The number of methoxy groups -OCH3 is 1. The van der Waals surface area contributed by atoms with Crippen molar-refractivity contribution in [2.45, 2.75) is 25.9 Å². The van der Waals surface area contributed by atoms with Crippen LogP contribution in [0.1, 0.15) is 27.0 Å². The van der Waals surface area contributed by atoms with Gasteiger partial charge in [0.05, 0.1) is 18.4 Å². The summed E-state index contributed by atoms with van der Waals surface area (Å²) in [7, 11) is 3.53. The summed E-state index contributed by atoms with van der Waals surface area (Å²) in [6, 6.07) is 11.8. The van der Waals surface area contributed by atoms with Gasteiger partial charge in [-0.1, -0.05) is 41.6 Å². The number of hydrogen-bond acceptors (Lipinski definition) is 5. The smallest absolute Gasteiger partial charge is 0.191 e. The minimum Gasteiger partial charge on any atom is -0.496 e. The van der Waals surface area contributed by atoms with E-state index in [1.54, 1.807) is 7.11 Å². The SMILES string of the molecule is COc1ccccc1-c1nnc(SCC(=O)c2c(C)cc(C)cc2C)n1C. The molecule has 5 nitrogen and oxygen atoms in total. The maximum atomic E-state index is 12.8. The molecule has 27 heavy (non-hydrogen) atoms. The number of Topliss-reactive ketones (excluding diaryl/α,β-unsaturated/α-hetero) is 1. The summed E-state index contributed by atoms with van der Waals surface area (Å²) in [4.78, 5) is 12.8. The molecular formula is C21H23N3O2S. The van der Waals surface area contributed by atoms with Crippen LogP contribution in [0.5, 0.6) is 5.75 Å². The van der Waals surface area contributed by atoms with E-state index < -0.39 is 0 Å². The van der Waals surface area contributed by atoms with Gasteiger partial charge in [0.1, 0.15) is 5.75 Å². The van der Waals surface area contributed by atoms with Crippen LogP contribution in [0, 0.1) is 20.8 Å². The number of ether oxygens (including phenoxy) is 1. The van der Waals surface area contributed by atoms with E-state index in [9.17, 15) is 4.79 Å². The van der Waals surface area contributed by atoms with Gasteiger partial charge < -0.3 is 9.30 Å². The third-order valence-corrected chi connectivity index (χ3v) is 5.49. The van der Waals surface area contributed by atoms with Crippen molar-refractivity contribution in [3.63, 3.8) is 0 Å². The second-order valence-electron chi connectivity index (χ2n) is 6.55. The summed E-state index contributed by atoms with van der Waals surface area (Å²) in [5.74, 6) is 1.89. The van der Waals surface area contributed by atoms with Crippen molar-refractivity contribution in [2.24, 2.45) is 7.05 Å². The third-order valence-electron chi connectivity index (χ3n) is 4.47. The summed E-state index contributed by atoms with van der Waals surface area (Å²) in [5, 5.41) is 9.25. The fourth-order valence-corrected chi connectivity index (χ4v) is 4.11. The van der Waals surface area contributed by atoms with E-state index in [1.807, 2.05) is 68.8 Å². The number of aromatic nitrogens is 3. The van der Waals surface area contributed by atoms with Crippen LogP contribution >= 0.6 is 11.8 Å². The van der Waals surface area contributed by atoms with E-state index in [-0.39, 0.29) is 5.78 Å². The lowest BCUT2D eigenvalue weighted by Crippen LogP contribution is -2.08. The van der Waals surface area contributed by atoms with Crippen molar-refractivity contribution in [3.8, 4) is 17.1 Å². The van der Waals surface area contributed by atoms with Crippen LogP contribution in [-0.2, 0) is 7.05 Å². The lowest BCUT2D eigenvalue weighted by Gasteiger charge is -2.10. The molecule has 6 heteroatoms. The average Bonchev–Trinajstić information content (AvgIpc) is 2.99. The highest BCUT2D eigenvalue weighted by atomic mass is 32.2. The van der Waals surface area contributed by atoms with E-state index >= 15 is 0 Å². The molecule has 0 fully saturated rings. The maximum Gasteiger partial charge on any atom is 0.191 e. The fourth-order valence-electron chi connectivity index (χ4n) is 3.33. The van der Waals surface area contributed by atoms with Crippen LogP contribution in [0.3, 0.4) is 0 Å². The molecule has 0 unspecified atom stereocenters. The summed E-state index contributed by atoms with van der Waals surface area (Å²) in [5.41, 5.74) is 4.89. The Morgan fingerprint density at radius 1 is 1.11 bits per heavy atom. The first-order valence-corrected chi connectivity index (χ1v) is 9.67. The quantitative estimate of drug-likeness (QED) is 0.468. The summed E-state index contributed by atoms with van der Waals surface area (Å²) in [6.45, 7) is 6.02. The molecule has 0 radical (unpaired) electrons. The molecule has 0 bridgehead atoms. The number of para-hydroxylation sites is 1. The summed E-state index contributed by atoms with van der Waals surface area (Å²) in [6.07, 6.45) is 0. The minimum absolute atomic E-state index is 0.108. The van der Waals surface area contributed by atoms with Crippen LogP contribution in [0.15, 0.2) is 41.6 Å². The first-order valence-electron chi connectivity index (χ1n) is 8.69. The fraction of sp³-hybridized carbons (Fsp3) is 0.286. The molecule has 3 rings (SSSR count). The molecule has 0 saturated heterocycles. The van der Waals surface area contributed by atoms with Gasteiger partial charge in [-0.3, -0.25) is 4.79 Å². The molecule has 0 N–H and O–H groups in total. The summed E-state index contributed by atoms with van der Waals surface area (Å²) >= 11 is 1.40. The van der Waals surface area contributed by atoms with Crippen LogP contribution in [-0.4, -0.2) is 33.4 Å². The van der Waals surface area contributed by atoms with Crippen molar-refractivity contribution in [1.29, 1.82) is 0 Å². The Balaban J connectivity index is 1.80. The van der Waals surface area contributed by atoms with Crippen molar-refractivity contribution in [1.82, 2.24) is 14.8 Å². The highest BCUT2D eigenvalue weighted by Gasteiger charge is 2.18. The third kappa shape index (κ3) is 3.90. The number of rotatable bonds is 6. The Morgan fingerprint density at radius 2 is 1.78 bits per heavy atom. The Labute approximate surface area is 163 Å². The van der Waals surface area contributed by atoms with Gasteiger partial charge in [-0.15, -0.1) is 10.2 Å². The van der Waals surface area contributed by atoms with Crippen molar-refractivity contribution < 1.29 is 9.53 Å². The maximum absolute atomic E-state index is 12.8. The zero-order valence-electron chi connectivity index (χ0n) is 16.2. The Hall–Kier alpha value is -2.60. The zero-order chi connectivity index (χ0) is 19.6. The van der Waals surface area contributed by atoms with Crippen LogP contribution < -0.4 is 4.74 Å². The summed E-state index contributed by atoms with van der Waals surface area (Å²) < 4.78 is 7.31. The molecule has 0 amide bonds. The number of thioether (sulfide) groups is 1. The number of ketones is 1. The predicted molar refractivity (Wildman–Crippen MR) is 109 cm³/mol. The minimum atomic E-state index is 0.108. The molecule has 2 aromatic carbocycles. The number of aryl methyl sites for hydroxylation is 3. The van der Waals surface area contributed by atoms with Crippen molar-refractivity contribution in [2.75, 3.05) is 12.9 Å². The zero-order valence-corrected chi connectivity index (χ0v) is 17.1. The highest BCUT2D eigenvalue weighted by Crippen LogP contribution is 2.30. The standard InChI is InChI=1S/C21H23N3O2S/c1-13-10-14(2)19(15(3)11-13)17(25)12-27-21-23-22-20(24(21)4)16-8-6-7-9-18(16)26-5/h6-11H,12H2,1-5H3. The molecule has 140 valence electrons. The Kier molecular flexibility index (Phi) is 5.65. The second kappa shape index (κ2) is 7.96. The number of carbonyl (C=O) groups excluding carboxylic acids is 1. The topological polar surface area (TPSA) is 57.0 Å². The Bertz CT molecular complexity index is 972. The van der Waals surface area contributed by atoms with E-state index in [0.29, 0.717) is 16.7 Å². The largest absolute Gasteiger partial charge is 0.496 e. The molecule has 0 saturated carbocycles. The number of carbonyl (C=O) groups is 1. The molecule has 3 aromatic rings. The van der Waals surface area contributed by atoms with Gasteiger partial charge >= 0.3 is 0 Å². The molecule has 1 heterocycles. The molecule has 0 aliphatic heterocycles. The predicted octanol–water partition coefficient (Wildman–Crippen LogP) is 4.39. The second-order valence-corrected chi connectivity index (χ2v) is 7.49. The number of benzene rings is 2. The molecule has 0 spiro atoms. The van der Waals surface area contributed by atoms with Crippen molar-refractivity contribution >= 4 is 17.5 Å². The number of nitrogens with zero attached hydrogens (tertiary/aromatic N) is 3. The van der Waals surface area contributed by atoms with Crippen LogP contribution in [0.25, 0.3) is 11.4 Å². The molecule has 0 atom stereocenters. The molecular weight excluding hydrogens is 358 g/mol. The van der Waals surface area contributed by atoms with Gasteiger partial charge in [0.2, 0.25) is 0 Å². The van der Waals surface area contributed by atoms with Gasteiger partial charge in [-0.2, -0.15) is 0 Å². The van der Waals surface area contributed by atoms with Crippen LogP contribution in [0.4, 0.5) is 0 Å². The van der Waals surface area contributed by atoms with E-state index in [0.717, 1.165) is 28.0 Å². The van der Waals surface area contributed by atoms with Gasteiger partial charge in [-0.25, -0.2) is 0 Å². The van der Waals surface area contributed by atoms with E-state index in [1.165, 1.54) is 17.3 Å². The molecule has 1 aromatic heterocycles.